The maximum atomic E-state index is 11.2. The number of hydrogen-bond acceptors (Lipinski definition) is 5. The van der Waals surface area contributed by atoms with Crippen LogP contribution in [0.25, 0.3) is 0 Å². The predicted octanol–water partition coefficient (Wildman–Crippen LogP) is 0.0824. The van der Waals surface area contributed by atoms with Crippen molar-refractivity contribution in [3.05, 3.63) is 11.6 Å². The van der Waals surface area contributed by atoms with Gasteiger partial charge >= 0.3 is 11.9 Å². The van der Waals surface area contributed by atoms with Crippen LogP contribution in [0.2, 0.25) is 0 Å². The van der Waals surface area contributed by atoms with Crippen molar-refractivity contribution >= 4 is 11.9 Å². The van der Waals surface area contributed by atoms with Crippen LogP contribution in [0.15, 0.2) is 11.6 Å². The first-order valence-electron chi connectivity index (χ1n) is 5.32. The number of ether oxygens (including phenoxy) is 1. The van der Waals surface area contributed by atoms with E-state index in [1.54, 1.807) is 6.92 Å². The van der Waals surface area contributed by atoms with Gasteiger partial charge in [-0.2, -0.15) is 0 Å². The summed E-state index contributed by atoms with van der Waals surface area (Å²) < 4.78 is 4.88. The second-order valence-electron chi connectivity index (χ2n) is 3.61. The fraction of sp³-hybridized carbons (Fsp3) is 0.636. The lowest BCUT2D eigenvalue weighted by atomic mass is 10.1. The Bertz CT molecular complexity index is 296. The van der Waals surface area contributed by atoms with Gasteiger partial charge in [-0.15, -0.1) is 0 Å². The first-order valence-corrected chi connectivity index (χ1v) is 5.32. The lowest BCUT2D eigenvalue weighted by Gasteiger charge is -2.19. The number of esters is 1. The molecule has 0 heterocycles. The Balaban J connectivity index is 4.71. The van der Waals surface area contributed by atoms with Gasteiger partial charge in [0.2, 0.25) is 0 Å². The molecule has 0 aliphatic heterocycles. The molecule has 0 aliphatic rings. The topological polar surface area (TPSA) is 104 Å². The van der Waals surface area contributed by atoms with Gasteiger partial charge < -0.3 is 20.1 Å². The maximum absolute atomic E-state index is 11.2. The van der Waals surface area contributed by atoms with Gasteiger partial charge in [0.1, 0.15) is 12.2 Å². The lowest BCUT2D eigenvalue weighted by molar-refractivity contribution is -0.153. The molecule has 0 aromatic rings. The van der Waals surface area contributed by atoms with Gasteiger partial charge in [0.05, 0.1) is 6.61 Å². The minimum Gasteiger partial charge on any atom is -0.478 e. The molecule has 0 rings (SSSR count). The predicted molar refractivity (Wildman–Crippen MR) is 59.3 cm³/mol. The fourth-order valence-corrected chi connectivity index (χ4v) is 1.06. The molecular weight excluding hydrogens is 228 g/mol. The molecule has 3 N–H and O–H groups in total. The minimum atomic E-state index is -1.33. The normalized spacial score (nSPS) is 15.2. The van der Waals surface area contributed by atoms with Crippen LogP contribution >= 0.6 is 0 Å². The third-order valence-corrected chi connectivity index (χ3v) is 2.04. The molecule has 0 amide bonds. The van der Waals surface area contributed by atoms with E-state index in [2.05, 4.69) is 0 Å². The van der Waals surface area contributed by atoms with Crippen LogP contribution in [0.3, 0.4) is 0 Å². The molecule has 98 valence electrons. The maximum Gasteiger partial charge on any atom is 0.331 e. The van der Waals surface area contributed by atoms with E-state index in [4.69, 9.17) is 14.9 Å². The van der Waals surface area contributed by atoms with E-state index < -0.39 is 30.8 Å². The van der Waals surface area contributed by atoms with Crippen molar-refractivity contribution in [2.24, 2.45) is 0 Å². The average molecular weight is 246 g/mol. The Kier molecular flexibility index (Phi) is 7.16. The number of carbonyl (C=O) groups is 2. The summed E-state index contributed by atoms with van der Waals surface area (Å²) in [5.41, 5.74) is -0.0631. The van der Waals surface area contributed by atoms with Gasteiger partial charge in [0.15, 0.2) is 0 Å². The van der Waals surface area contributed by atoms with Crippen LogP contribution < -0.4 is 0 Å². The Morgan fingerprint density at radius 1 is 1.41 bits per heavy atom. The van der Waals surface area contributed by atoms with Crippen molar-refractivity contribution in [3.8, 4) is 0 Å². The molecule has 6 nitrogen and oxygen atoms in total. The largest absolute Gasteiger partial charge is 0.478 e. The molecule has 0 aliphatic carbocycles. The van der Waals surface area contributed by atoms with E-state index >= 15 is 0 Å². The molecule has 0 aromatic carbocycles. The van der Waals surface area contributed by atoms with Crippen LogP contribution in [0, 0.1) is 0 Å². The summed E-state index contributed by atoms with van der Waals surface area (Å²) in [5.74, 6) is -1.72. The van der Waals surface area contributed by atoms with E-state index in [0.29, 0.717) is 6.42 Å². The molecule has 2 atom stereocenters. The molecule has 0 saturated carbocycles. The molecular formula is C11H18O6. The van der Waals surface area contributed by atoms with Gasteiger partial charge in [0.25, 0.3) is 0 Å². The number of carboxylic acids is 1. The molecule has 0 radical (unpaired) electrons. The van der Waals surface area contributed by atoms with E-state index in [1.165, 1.54) is 6.92 Å². The second kappa shape index (κ2) is 7.81. The van der Waals surface area contributed by atoms with Gasteiger partial charge in [-0.25, -0.2) is 4.79 Å². The van der Waals surface area contributed by atoms with Crippen LogP contribution in [-0.4, -0.2) is 46.1 Å². The third-order valence-electron chi connectivity index (χ3n) is 2.04. The molecule has 2 unspecified atom stereocenters. The van der Waals surface area contributed by atoms with Crippen molar-refractivity contribution in [2.75, 3.05) is 6.61 Å². The van der Waals surface area contributed by atoms with E-state index in [-0.39, 0.29) is 12.0 Å². The first kappa shape index (κ1) is 15.6. The van der Waals surface area contributed by atoms with Crippen molar-refractivity contribution in [1.82, 2.24) is 0 Å². The highest BCUT2D eigenvalue weighted by atomic mass is 16.6. The van der Waals surface area contributed by atoms with Gasteiger partial charge in [-0.05, 0) is 19.4 Å². The average Bonchev–Trinajstić information content (AvgIpc) is 2.27. The highest BCUT2D eigenvalue weighted by Crippen LogP contribution is 2.08. The SMILES string of the molecule is CCCC(=O)OC(C=C(C)C(=O)O)C(O)CO. The Morgan fingerprint density at radius 3 is 2.41 bits per heavy atom. The Labute approximate surface area is 99.5 Å². The zero-order valence-corrected chi connectivity index (χ0v) is 9.92. The number of hydrogen-bond donors (Lipinski definition) is 3. The van der Waals surface area contributed by atoms with Crippen molar-refractivity contribution in [3.63, 3.8) is 0 Å². The molecule has 0 aromatic heterocycles. The summed E-state index contributed by atoms with van der Waals surface area (Å²) in [4.78, 5) is 21.8. The number of rotatable bonds is 7. The van der Waals surface area contributed by atoms with E-state index in [0.717, 1.165) is 6.08 Å². The second-order valence-corrected chi connectivity index (χ2v) is 3.61. The Hall–Kier alpha value is -1.40. The standard InChI is InChI=1S/C11H18O6/c1-3-4-10(14)17-9(8(13)6-12)5-7(2)11(15)16/h5,8-9,12-13H,3-4,6H2,1-2H3,(H,15,16). The first-order chi connectivity index (χ1) is 7.92. The lowest BCUT2D eigenvalue weighted by Crippen LogP contribution is -2.33. The number of aliphatic hydroxyl groups excluding tert-OH is 2. The smallest absolute Gasteiger partial charge is 0.331 e. The van der Waals surface area contributed by atoms with E-state index in [9.17, 15) is 14.7 Å². The summed E-state index contributed by atoms with van der Waals surface area (Å²) in [6.45, 7) is 2.48. The summed E-state index contributed by atoms with van der Waals surface area (Å²) in [6, 6.07) is 0. The Morgan fingerprint density at radius 2 is 2.00 bits per heavy atom. The van der Waals surface area contributed by atoms with Crippen LogP contribution in [-0.2, 0) is 14.3 Å². The number of aliphatic carboxylic acids is 1. The summed E-state index contributed by atoms with van der Waals surface area (Å²) in [7, 11) is 0. The molecule has 0 bridgehead atoms. The van der Waals surface area contributed by atoms with Crippen molar-refractivity contribution in [2.45, 2.75) is 38.9 Å². The van der Waals surface area contributed by atoms with Gasteiger partial charge in [0, 0.05) is 12.0 Å². The van der Waals surface area contributed by atoms with Gasteiger partial charge in [-0.1, -0.05) is 6.92 Å². The van der Waals surface area contributed by atoms with Crippen molar-refractivity contribution in [1.29, 1.82) is 0 Å². The van der Waals surface area contributed by atoms with Crippen LogP contribution in [0.1, 0.15) is 26.7 Å². The van der Waals surface area contributed by atoms with Crippen molar-refractivity contribution < 1.29 is 29.6 Å². The zero-order valence-electron chi connectivity index (χ0n) is 9.92. The molecule has 0 saturated heterocycles. The molecule has 0 spiro atoms. The third kappa shape index (κ3) is 6.03. The summed E-state index contributed by atoms with van der Waals surface area (Å²) in [5, 5.41) is 26.9. The van der Waals surface area contributed by atoms with Crippen LogP contribution in [0.5, 0.6) is 0 Å². The highest BCUT2D eigenvalue weighted by Gasteiger charge is 2.21. The summed E-state index contributed by atoms with van der Waals surface area (Å²) in [6.07, 6.45) is -0.603. The number of aliphatic hydroxyl groups is 2. The quantitative estimate of drug-likeness (QED) is 0.434. The number of carbonyl (C=O) groups excluding carboxylic acids is 1. The monoisotopic (exact) mass is 246 g/mol. The fourth-order valence-electron chi connectivity index (χ4n) is 1.06. The van der Waals surface area contributed by atoms with E-state index in [1.807, 2.05) is 0 Å². The van der Waals surface area contributed by atoms with Gasteiger partial charge in [-0.3, -0.25) is 4.79 Å². The molecule has 0 fully saturated rings. The highest BCUT2D eigenvalue weighted by molar-refractivity contribution is 5.86. The summed E-state index contributed by atoms with van der Waals surface area (Å²) >= 11 is 0. The minimum absolute atomic E-state index is 0.0631. The number of carboxylic acid groups (broad SMARTS) is 1. The molecule has 17 heavy (non-hydrogen) atoms. The zero-order chi connectivity index (χ0) is 13.4. The van der Waals surface area contributed by atoms with Crippen LogP contribution in [0.4, 0.5) is 0 Å². The molecule has 6 heteroatoms.